The summed E-state index contributed by atoms with van der Waals surface area (Å²) in [5.41, 5.74) is 0. The SMILES string of the molecule is CC[C@H](C)[C@H](NS(=O)(=O)c1cccc2ccccc12)C(=O)N[C@H]1CCO[C@H]1OC(C)=O. The molecule has 2 N–H and O–H groups in total. The van der Waals surface area contributed by atoms with Crippen LogP contribution < -0.4 is 10.0 Å². The van der Waals surface area contributed by atoms with E-state index in [0.717, 1.165) is 5.39 Å². The van der Waals surface area contributed by atoms with Crippen LogP contribution in [-0.2, 0) is 29.1 Å². The van der Waals surface area contributed by atoms with Gasteiger partial charge < -0.3 is 14.8 Å². The highest BCUT2D eigenvalue weighted by Gasteiger charge is 2.36. The second-order valence-electron chi connectivity index (χ2n) is 7.71. The molecule has 8 nitrogen and oxygen atoms in total. The number of nitrogens with one attached hydrogen (secondary N) is 2. The van der Waals surface area contributed by atoms with Gasteiger partial charge in [0.1, 0.15) is 6.04 Å². The molecule has 1 amide bonds. The van der Waals surface area contributed by atoms with Gasteiger partial charge in [-0.15, -0.1) is 0 Å². The number of sulfonamides is 1. The summed E-state index contributed by atoms with van der Waals surface area (Å²) in [6, 6.07) is 10.7. The molecule has 1 fully saturated rings. The number of benzene rings is 2. The molecule has 0 unspecified atom stereocenters. The van der Waals surface area contributed by atoms with E-state index in [-0.39, 0.29) is 10.8 Å². The van der Waals surface area contributed by atoms with Gasteiger partial charge in [-0.3, -0.25) is 9.59 Å². The van der Waals surface area contributed by atoms with Crippen LogP contribution in [0.5, 0.6) is 0 Å². The lowest BCUT2D eigenvalue weighted by Crippen LogP contribution is -2.54. The minimum atomic E-state index is -3.98. The Labute approximate surface area is 182 Å². The van der Waals surface area contributed by atoms with Crippen LogP contribution in [-0.4, -0.2) is 45.3 Å². The number of carbonyl (C=O) groups is 2. The van der Waals surface area contributed by atoms with E-state index in [1.165, 1.54) is 13.0 Å². The van der Waals surface area contributed by atoms with Crippen molar-refractivity contribution in [1.29, 1.82) is 0 Å². The molecule has 0 saturated carbocycles. The molecule has 3 rings (SSSR count). The van der Waals surface area contributed by atoms with E-state index in [0.29, 0.717) is 24.8 Å². The highest BCUT2D eigenvalue weighted by Crippen LogP contribution is 2.24. The fourth-order valence-corrected chi connectivity index (χ4v) is 5.11. The molecule has 1 saturated heterocycles. The standard InChI is InChI=1S/C22H28N2O6S/c1-4-14(2)20(21(26)23-18-12-13-29-22(18)30-15(3)25)24-31(27,28)19-11-7-9-16-8-5-6-10-17(16)19/h5-11,14,18,20,22,24H,4,12-13H2,1-3H3,(H,23,26)/t14-,18-,20-,22-/m0/s1. The summed E-state index contributed by atoms with van der Waals surface area (Å²) in [4.78, 5) is 24.5. The molecule has 0 bridgehead atoms. The summed E-state index contributed by atoms with van der Waals surface area (Å²) in [6.45, 7) is 5.29. The Kier molecular flexibility index (Phi) is 7.30. The maximum atomic E-state index is 13.2. The third-order valence-electron chi connectivity index (χ3n) is 5.47. The van der Waals surface area contributed by atoms with Crippen LogP contribution in [0.15, 0.2) is 47.4 Å². The van der Waals surface area contributed by atoms with Gasteiger partial charge in [0.15, 0.2) is 0 Å². The zero-order chi connectivity index (χ0) is 22.6. The van der Waals surface area contributed by atoms with Gasteiger partial charge in [-0.05, 0) is 23.8 Å². The Morgan fingerprint density at radius 3 is 2.61 bits per heavy atom. The van der Waals surface area contributed by atoms with Crippen LogP contribution in [0.1, 0.15) is 33.6 Å². The van der Waals surface area contributed by atoms with Crippen LogP contribution in [0.2, 0.25) is 0 Å². The Balaban J connectivity index is 1.84. The van der Waals surface area contributed by atoms with Gasteiger partial charge in [-0.25, -0.2) is 8.42 Å². The van der Waals surface area contributed by atoms with Crippen LogP contribution in [0.25, 0.3) is 10.8 Å². The van der Waals surface area contributed by atoms with Crippen molar-refractivity contribution in [2.24, 2.45) is 5.92 Å². The molecule has 1 heterocycles. The predicted molar refractivity (Wildman–Crippen MR) is 116 cm³/mol. The minimum absolute atomic E-state index is 0.119. The summed E-state index contributed by atoms with van der Waals surface area (Å²) < 4.78 is 39.5. The number of hydrogen-bond acceptors (Lipinski definition) is 6. The van der Waals surface area contributed by atoms with Crippen LogP contribution in [0.3, 0.4) is 0 Å². The van der Waals surface area contributed by atoms with E-state index in [1.54, 1.807) is 18.2 Å². The van der Waals surface area contributed by atoms with Crippen molar-refractivity contribution >= 4 is 32.7 Å². The van der Waals surface area contributed by atoms with Gasteiger partial charge in [0.2, 0.25) is 22.2 Å². The van der Waals surface area contributed by atoms with Gasteiger partial charge >= 0.3 is 5.97 Å². The molecule has 1 aliphatic heterocycles. The number of rotatable bonds is 8. The van der Waals surface area contributed by atoms with Gasteiger partial charge in [0, 0.05) is 12.3 Å². The fraction of sp³-hybridized carbons (Fsp3) is 0.455. The zero-order valence-corrected chi connectivity index (χ0v) is 18.6. The summed E-state index contributed by atoms with van der Waals surface area (Å²) in [7, 11) is -3.98. The minimum Gasteiger partial charge on any atom is -0.434 e. The van der Waals surface area contributed by atoms with Crippen molar-refractivity contribution in [2.45, 2.75) is 56.9 Å². The largest absolute Gasteiger partial charge is 0.434 e. The van der Waals surface area contributed by atoms with Crippen LogP contribution in [0, 0.1) is 5.92 Å². The average molecular weight is 449 g/mol. The summed E-state index contributed by atoms with van der Waals surface area (Å²) in [6.07, 6.45) is 0.172. The van der Waals surface area contributed by atoms with Crippen molar-refractivity contribution in [1.82, 2.24) is 10.0 Å². The number of ether oxygens (including phenoxy) is 2. The van der Waals surface area contributed by atoms with Crippen LogP contribution >= 0.6 is 0 Å². The average Bonchev–Trinajstić information content (AvgIpc) is 3.16. The van der Waals surface area contributed by atoms with Crippen molar-refractivity contribution < 1.29 is 27.5 Å². The van der Waals surface area contributed by atoms with Crippen molar-refractivity contribution in [3.8, 4) is 0 Å². The second kappa shape index (κ2) is 9.76. The first kappa shape index (κ1) is 23.2. The smallest absolute Gasteiger partial charge is 0.305 e. The summed E-state index contributed by atoms with van der Waals surface area (Å²) >= 11 is 0. The number of carbonyl (C=O) groups excluding carboxylic acids is 2. The van der Waals surface area contributed by atoms with E-state index in [4.69, 9.17) is 9.47 Å². The van der Waals surface area contributed by atoms with Gasteiger partial charge in [0.05, 0.1) is 17.5 Å². The summed E-state index contributed by atoms with van der Waals surface area (Å²) in [5.74, 6) is -1.26. The molecule has 0 aromatic heterocycles. The Morgan fingerprint density at radius 2 is 1.90 bits per heavy atom. The lowest BCUT2D eigenvalue weighted by Gasteiger charge is -2.26. The predicted octanol–water partition coefficient (Wildman–Crippen LogP) is 2.33. The first-order chi connectivity index (χ1) is 14.7. The fourth-order valence-electron chi connectivity index (χ4n) is 3.58. The zero-order valence-electron chi connectivity index (χ0n) is 17.8. The molecule has 1 aliphatic rings. The lowest BCUT2D eigenvalue weighted by molar-refractivity contribution is -0.171. The Bertz CT molecular complexity index is 1050. The van der Waals surface area contributed by atoms with Crippen molar-refractivity contribution in [3.63, 3.8) is 0 Å². The monoisotopic (exact) mass is 448 g/mol. The number of hydrogen-bond donors (Lipinski definition) is 2. The summed E-state index contributed by atoms with van der Waals surface area (Å²) in [5, 5.41) is 4.17. The van der Waals surface area contributed by atoms with Crippen molar-refractivity contribution in [2.75, 3.05) is 6.61 Å². The number of amides is 1. The van der Waals surface area contributed by atoms with E-state index in [1.807, 2.05) is 32.0 Å². The van der Waals surface area contributed by atoms with Gasteiger partial charge in [-0.1, -0.05) is 56.7 Å². The quantitative estimate of drug-likeness (QED) is 0.600. The van der Waals surface area contributed by atoms with Gasteiger partial charge in [-0.2, -0.15) is 4.72 Å². The molecular formula is C22H28N2O6S. The second-order valence-corrected chi connectivity index (χ2v) is 9.40. The van der Waals surface area contributed by atoms with Crippen LogP contribution in [0.4, 0.5) is 0 Å². The first-order valence-corrected chi connectivity index (χ1v) is 11.8. The lowest BCUT2D eigenvalue weighted by atomic mass is 9.99. The molecule has 0 radical (unpaired) electrons. The van der Waals surface area contributed by atoms with E-state index < -0.39 is 40.3 Å². The Hall–Kier alpha value is -2.49. The highest BCUT2D eigenvalue weighted by atomic mass is 32.2. The van der Waals surface area contributed by atoms with Gasteiger partial charge in [0.25, 0.3) is 0 Å². The number of esters is 1. The number of fused-ring (bicyclic) bond motifs is 1. The normalized spacial score (nSPS) is 20.9. The first-order valence-electron chi connectivity index (χ1n) is 10.3. The van der Waals surface area contributed by atoms with E-state index >= 15 is 0 Å². The molecule has 4 atom stereocenters. The molecule has 0 spiro atoms. The molecular weight excluding hydrogens is 420 g/mol. The van der Waals surface area contributed by atoms with E-state index in [2.05, 4.69) is 10.0 Å². The maximum Gasteiger partial charge on any atom is 0.305 e. The molecule has 9 heteroatoms. The topological polar surface area (TPSA) is 111 Å². The molecule has 31 heavy (non-hydrogen) atoms. The third kappa shape index (κ3) is 5.41. The maximum absolute atomic E-state index is 13.2. The van der Waals surface area contributed by atoms with E-state index in [9.17, 15) is 18.0 Å². The van der Waals surface area contributed by atoms with Crippen molar-refractivity contribution in [3.05, 3.63) is 42.5 Å². The highest BCUT2D eigenvalue weighted by molar-refractivity contribution is 7.89. The molecule has 0 aliphatic carbocycles. The Morgan fingerprint density at radius 1 is 1.19 bits per heavy atom. The molecule has 168 valence electrons. The third-order valence-corrected chi connectivity index (χ3v) is 6.97. The molecule has 2 aromatic rings. The molecule has 2 aromatic carbocycles.